The first-order valence-corrected chi connectivity index (χ1v) is 6.79. The smallest absolute Gasteiger partial charge is 0.309 e. The molecule has 1 atom stereocenters. The van der Waals surface area contributed by atoms with Crippen LogP contribution in [0.1, 0.15) is 18.4 Å². The Labute approximate surface area is 127 Å². The third-order valence-electron chi connectivity index (χ3n) is 2.97. The Hall–Kier alpha value is -2.54. The van der Waals surface area contributed by atoms with Crippen LogP contribution < -0.4 is 10.6 Å². The average Bonchev–Trinajstić information content (AvgIpc) is 3.15. The number of nitrogens with one attached hydrogen (secondary N) is 2. The lowest BCUT2D eigenvalue weighted by atomic mass is 10.0. The molecule has 2 heterocycles. The highest BCUT2D eigenvalue weighted by Gasteiger charge is 2.24. The minimum Gasteiger partial charge on any atom is -0.469 e. The molecule has 2 aromatic rings. The fourth-order valence-corrected chi connectivity index (χ4v) is 1.86. The lowest BCUT2D eigenvalue weighted by molar-refractivity contribution is -0.139. The molecule has 1 unspecified atom stereocenters. The molecule has 2 amide bonds. The van der Waals surface area contributed by atoms with Gasteiger partial charge in [0.25, 0.3) is 0 Å². The van der Waals surface area contributed by atoms with Gasteiger partial charge in [-0.05, 0) is 31.2 Å². The van der Waals surface area contributed by atoms with Crippen molar-refractivity contribution in [1.29, 1.82) is 0 Å². The second kappa shape index (κ2) is 6.95. The third kappa shape index (κ3) is 4.78. The first kappa shape index (κ1) is 15.8. The third-order valence-corrected chi connectivity index (χ3v) is 2.97. The molecule has 0 aliphatic carbocycles. The summed E-state index contributed by atoms with van der Waals surface area (Å²) in [6.07, 6.45) is 3.22. The highest BCUT2D eigenvalue weighted by molar-refractivity contribution is 6.35. The van der Waals surface area contributed by atoms with Crippen LogP contribution in [0.25, 0.3) is 0 Å². The molecule has 118 valence electrons. The molecule has 0 aliphatic heterocycles. The van der Waals surface area contributed by atoms with Crippen molar-refractivity contribution in [3.8, 4) is 0 Å². The minimum atomic E-state index is -1.21. The molecule has 0 fully saturated rings. The highest BCUT2D eigenvalue weighted by Crippen LogP contribution is 2.12. The lowest BCUT2D eigenvalue weighted by Gasteiger charge is -2.22. The number of carbonyl (C=O) groups excluding carboxylic acids is 2. The molecule has 2 aromatic heterocycles. The Morgan fingerprint density at radius 1 is 1.09 bits per heavy atom. The van der Waals surface area contributed by atoms with Gasteiger partial charge < -0.3 is 24.6 Å². The van der Waals surface area contributed by atoms with Crippen LogP contribution in [-0.4, -0.2) is 29.1 Å². The normalized spacial score (nSPS) is 13.4. The van der Waals surface area contributed by atoms with Crippen molar-refractivity contribution >= 4 is 11.8 Å². The zero-order chi connectivity index (χ0) is 16.0. The van der Waals surface area contributed by atoms with Crippen molar-refractivity contribution < 1.29 is 23.5 Å². The summed E-state index contributed by atoms with van der Waals surface area (Å²) >= 11 is 0. The van der Waals surface area contributed by atoms with Crippen LogP contribution >= 0.6 is 0 Å². The van der Waals surface area contributed by atoms with Gasteiger partial charge in [-0.2, -0.15) is 0 Å². The van der Waals surface area contributed by atoms with E-state index in [9.17, 15) is 14.7 Å². The minimum absolute atomic E-state index is 0.0687. The molecule has 0 saturated heterocycles. The van der Waals surface area contributed by atoms with E-state index in [-0.39, 0.29) is 19.5 Å². The second-order valence-corrected chi connectivity index (χ2v) is 5.20. The van der Waals surface area contributed by atoms with E-state index in [1.807, 2.05) is 0 Å². The molecule has 0 radical (unpaired) electrons. The molecular weight excluding hydrogens is 288 g/mol. The predicted octanol–water partition coefficient (Wildman–Crippen LogP) is 0.599. The zero-order valence-corrected chi connectivity index (χ0v) is 12.2. The summed E-state index contributed by atoms with van der Waals surface area (Å²) in [6.45, 7) is 1.61. The van der Waals surface area contributed by atoms with E-state index in [1.54, 1.807) is 31.2 Å². The van der Waals surface area contributed by atoms with Gasteiger partial charge in [0.05, 0.1) is 24.7 Å². The van der Waals surface area contributed by atoms with Crippen LogP contribution in [-0.2, 0) is 22.6 Å². The Morgan fingerprint density at radius 2 is 1.68 bits per heavy atom. The molecule has 0 aromatic carbocycles. The summed E-state index contributed by atoms with van der Waals surface area (Å²) in [5.74, 6) is -0.455. The maximum Gasteiger partial charge on any atom is 0.309 e. The van der Waals surface area contributed by atoms with Gasteiger partial charge in [-0.25, -0.2) is 0 Å². The van der Waals surface area contributed by atoms with Gasteiger partial charge in [0, 0.05) is 13.0 Å². The highest BCUT2D eigenvalue weighted by atomic mass is 16.3. The van der Waals surface area contributed by atoms with Crippen molar-refractivity contribution in [3.63, 3.8) is 0 Å². The summed E-state index contributed by atoms with van der Waals surface area (Å²) in [5.41, 5.74) is -1.21. The first-order chi connectivity index (χ1) is 10.5. The number of hydrogen-bond donors (Lipinski definition) is 3. The van der Waals surface area contributed by atoms with E-state index in [1.165, 1.54) is 12.5 Å². The number of hydrogen-bond acceptors (Lipinski definition) is 5. The molecule has 22 heavy (non-hydrogen) atoms. The number of aliphatic hydroxyl groups is 1. The van der Waals surface area contributed by atoms with Crippen molar-refractivity contribution in [3.05, 3.63) is 48.3 Å². The Balaban J connectivity index is 1.75. The fraction of sp³-hybridized carbons (Fsp3) is 0.333. The zero-order valence-electron chi connectivity index (χ0n) is 12.2. The van der Waals surface area contributed by atoms with Crippen LogP contribution in [0.3, 0.4) is 0 Å². The number of furan rings is 2. The second-order valence-electron chi connectivity index (χ2n) is 5.20. The fourth-order valence-electron chi connectivity index (χ4n) is 1.86. The van der Waals surface area contributed by atoms with Crippen molar-refractivity contribution in [2.75, 3.05) is 6.54 Å². The van der Waals surface area contributed by atoms with Gasteiger partial charge >= 0.3 is 11.8 Å². The van der Waals surface area contributed by atoms with Crippen LogP contribution in [0.4, 0.5) is 0 Å². The van der Waals surface area contributed by atoms with Crippen LogP contribution in [0, 0.1) is 0 Å². The number of rotatable bonds is 6. The van der Waals surface area contributed by atoms with E-state index in [0.29, 0.717) is 11.5 Å². The van der Waals surface area contributed by atoms with Crippen LogP contribution in [0.5, 0.6) is 0 Å². The maximum absolute atomic E-state index is 11.7. The molecule has 0 saturated carbocycles. The molecule has 0 aliphatic rings. The quantitative estimate of drug-likeness (QED) is 0.678. The molecule has 0 bridgehead atoms. The van der Waals surface area contributed by atoms with Gasteiger partial charge in [0.2, 0.25) is 0 Å². The summed E-state index contributed by atoms with van der Waals surface area (Å²) in [4.78, 5) is 23.3. The molecule has 2 rings (SSSR count). The van der Waals surface area contributed by atoms with Gasteiger partial charge in [-0.15, -0.1) is 0 Å². The summed E-state index contributed by atoms with van der Waals surface area (Å²) in [7, 11) is 0. The van der Waals surface area contributed by atoms with Gasteiger partial charge in [0.15, 0.2) is 0 Å². The molecule has 7 heteroatoms. The summed E-state index contributed by atoms with van der Waals surface area (Å²) < 4.78 is 10.2. The Bertz CT molecular complexity index is 602. The summed E-state index contributed by atoms with van der Waals surface area (Å²) in [6, 6.07) is 6.82. The largest absolute Gasteiger partial charge is 0.469 e. The van der Waals surface area contributed by atoms with Crippen LogP contribution in [0.15, 0.2) is 45.6 Å². The van der Waals surface area contributed by atoms with Gasteiger partial charge in [-0.1, -0.05) is 0 Å². The van der Waals surface area contributed by atoms with Gasteiger partial charge in [-0.3, -0.25) is 9.59 Å². The standard InChI is InChI=1S/C15H18N2O5/c1-15(20,8-11-4-2-6-21-11)10-17-14(19)13(18)16-9-12-5-3-7-22-12/h2-7,20H,8-10H2,1H3,(H,16,18)(H,17,19). The first-order valence-electron chi connectivity index (χ1n) is 6.79. The number of carbonyl (C=O) groups is 2. The molecule has 3 N–H and O–H groups in total. The molecule has 7 nitrogen and oxygen atoms in total. The van der Waals surface area contributed by atoms with Crippen molar-refractivity contribution in [2.24, 2.45) is 0 Å². The Morgan fingerprint density at radius 3 is 2.27 bits per heavy atom. The predicted molar refractivity (Wildman–Crippen MR) is 76.6 cm³/mol. The summed E-state index contributed by atoms with van der Waals surface area (Å²) in [5, 5.41) is 15.0. The Kier molecular flexibility index (Phi) is 5.00. The monoisotopic (exact) mass is 306 g/mol. The van der Waals surface area contributed by atoms with E-state index in [4.69, 9.17) is 8.83 Å². The van der Waals surface area contributed by atoms with Crippen molar-refractivity contribution in [2.45, 2.75) is 25.5 Å². The maximum atomic E-state index is 11.7. The van der Waals surface area contributed by atoms with Crippen LogP contribution in [0.2, 0.25) is 0 Å². The lowest BCUT2D eigenvalue weighted by Crippen LogP contribution is -2.47. The van der Waals surface area contributed by atoms with E-state index in [0.717, 1.165) is 0 Å². The van der Waals surface area contributed by atoms with E-state index in [2.05, 4.69) is 10.6 Å². The number of amides is 2. The van der Waals surface area contributed by atoms with E-state index < -0.39 is 17.4 Å². The molecule has 0 spiro atoms. The average molecular weight is 306 g/mol. The molecular formula is C15H18N2O5. The SMILES string of the molecule is CC(O)(CNC(=O)C(=O)NCc1ccco1)Cc1ccco1. The van der Waals surface area contributed by atoms with Crippen molar-refractivity contribution in [1.82, 2.24) is 10.6 Å². The van der Waals surface area contributed by atoms with E-state index >= 15 is 0 Å². The topological polar surface area (TPSA) is 105 Å². The van der Waals surface area contributed by atoms with Gasteiger partial charge in [0.1, 0.15) is 11.5 Å².